The Balaban J connectivity index is 1.34. The molecule has 1 saturated heterocycles. The molecule has 0 spiro atoms. The summed E-state index contributed by atoms with van der Waals surface area (Å²) in [4.78, 5) is 33.6. The lowest BCUT2D eigenvalue weighted by atomic mass is 10.1. The van der Waals surface area contributed by atoms with Gasteiger partial charge >= 0.3 is 5.69 Å². The second-order valence-corrected chi connectivity index (χ2v) is 6.66. The second-order valence-electron chi connectivity index (χ2n) is 6.66. The Kier molecular flexibility index (Phi) is 4.48. The van der Waals surface area contributed by atoms with Crippen molar-refractivity contribution in [1.82, 2.24) is 14.9 Å². The van der Waals surface area contributed by atoms with Crippen LogP contribution in [0.3, 0.4) is 0 Å². The van der Waals surface area contributed by atoms with Crippen LogP contribution in [0.2, 0.25) is 0 Å². The molecule has 26 heavy (non-hydrogen) atoms. The molecule has 0 bridgehead atoms. The Morgan fingerprint density at radius 2 is 1.65 bits per heavy atom. The monoisotopic (exact) mass is 350 g/mol. The van der Waals surface area contributed by atoms with Crippen molar-refractivity contribution in [2.24, 2.45) is 0 Å². The highest BCUT2D eigenvalue weighted by molar-refractivity contribution is 5.79. The molecule has 1 amide bonds. The highest BCUT2D eigenvalue weighted by atomic mass is 16.2. The topological polar surface area (TPSA) is 72.2 Å². The number of H-pyrrole nitrogens is 2. The third kappa shape index (κ3) is 3.49. The number of piperazine rings is 1. The van der Waals surface area contributed by atoms with Crippen molar-refractivity contribution in [3.05, 3.63) is 64.6 Å². The van der Waals surface area contributed by atoms with E-state index in [-0.39, 0.29) is 11.6 Å². The minimum Gasteiger partial charge on any atom is -0.368 e. The molecule has 1 fully saturated rings. The van der Waals surface area contributed by atoms with E-state index in [1.54, 1.807) is 0 Å². The average molecular weight is 350 g/mol. The molecule has 6 heteroatoms. The van der Waals surface area contributed by atoms with Crippen molar-refractivity contribution in [3.63, 3.8) is 0 Å². The van der Waals surface area contributed by atoms with Gasteiger partial charge in [0, 0.05) is 38.3 Å². The van der Waals surface area contributed by atoms with Gasteiger partial charge in [-0.3, -0.25) is 4.79 Å². The van der Waals surface area contributed by atoms with Crippen LogP contribution < -0.4 is 10.6 Å². The number of nitrogens with zero attached hydrogens (tertiary/aromatic N) is 2. The van der Waals surface area contributed by atoms with Gasteiger partial charge < -0.3 is 19.8 Å². The van der Waals surface area contributed by atoms with Gasteiger partial charge in [-0.15, -0.1) is 0 Å². The van der Waals surface area contributed by atoms with Crippen molar-refractivity contribution >= 4 is 22.6 Å². The molecule has 6 nitrogen and oxygen atoms in total. The number of hydrogen-bond acceptors (Lipinski definition) is 3. The van der Waals surface area contributed by atoms with E-state index in [1.807, 2.05) is 41.3 Å². The molecule has 0 unspecified atom stereocenters. The number of hydrogen-bond donors (Lipinski definition) is 2. The third-order valence-electron chi connectivity index (χ3n) is 4.97. The number of anilines is 1. The van der Waals surface area contributed by atoms with Gasteiger partial charge in [0.25, 0.3) is 0 Å². The Morgan fingerprint density at radius 3 is 2.42 bits per heavy atom. The number of rotatable bonds is 4. The summed E-state index contributed by atoms with van der Waals surface area (Å²) >= 11 is 0. The van der Waals surface area contributed by atoms with Gasteiger partial charge in [0.05, 0.1) is 11.0 Å². The minimum atomic E-state index is -0.189. The normalized spacial score (nSPS) is 14.8. The predicted octanol–water partition coefficient (Wildman–Crippen LogP) is 2.14. The van der Waals surface area contributed by atoms with E-state index in [9.17, 15) is 9.59 Å². The fourth-order valence-electron chi connectivity index (χ4n) is 3.49. The summed E-state index contributed by atoms with van der Waals surface area (Å²) in [6, 6.07) is 16.0. The second kappa shape index (κ2) is 7.07. The summed E-state index contributed by atoms with van der Waals surface area (Å²) in [5.41, 5.74) is 3.71. The van der Waals surface area contributed by atoms with Crippen LogP contribution in [0.4, 0.5) is 5.69 Å². The van der Waals surface area contributed by atoms with Gasteiger partial charge in [-0.2, -0.15) is 0 Å². The van der Waals surface area contributed by atoms with Crippen LogP contribution in [-0.2, 0) is 11.2 Å². The maximum atomic E-state index is 12.5. The van der Waals surface area contributed by atoms with Crippen LogP contribution in [0, 0.1) is 0 Å². The van der Waals surface area contributed by atoms with E-state index >= 15 is 0 Å². The van der Waals surface area contributed by atoms with Crippen LogP contribution in [-0.4, -0.2) is 47.0 Å². The van der Waals surface area contributed by atoms with E-state index in [2.05, 4.69) is 27.0 Å². The molecule has 3 aromatic rings. The zero-order valence-corrected chi connectivity index (χ0v) is 14.6. The first-order valence-corrected chi connectivity index (χ1v) is 8.98. The zero-order chi connectivity index (χ0) is 17.9. The highest BCUT2D eigenvalue weighted by Crippen LogP contribution is 2.20. The molecular formula is C20H22N4O2. The molecule has 134 valence electrons. The van der Waals surface area contributed by atoms with Crippen molar-refractivity contribution in [1.29, 1.82) is 0 Å². The van der Waals surface area contributed by atoms with Crippen LogP contribution in [0.15, 0.2) is 53.3 Å². The van der Waals surface area contributed by atoms with E-state index in [0.29, 0.717) is 6.42 Å². The average Bonchev–Trinajstić information content (AvgIpc) is 3.06. The number of amides is 1. The number of imidazole rings is 1. The van der Waals surface area contributed by atoms with Crippen LogP contribution >= 0.6 is 0 Å². The maximum Gasteiger partial charge on any atom is 0.323 e. The van der Waals surface area contributed by atoms with E-state index < -0.39 is 0 Å². The summed E-state index contributed by atoms with van der Waals surface area (Å²) in [6.07, 6.45) is 1.35. The molecule has 0 atom stereocenters. The molecule has 2 N–H and O–H groups in total. The summed E-state index contributed by atoms with van der Waals surface area (Å²) in [6.45, 7) is 3.07. The standard InChI is InChI=1S/C20H22N4O2/c25-19(9-6-15-4-2-1-3-5-15)24-12-10-23(11-13-24)16-7-8-17-18(14-16)22-20(26)21-17/h1-5,7-8,14H,6,9-13H2,(H2,21,22,26). The van der Waals surface area contributed by atoms with Crippen LogP contribution in [0.25, 0.3) is 11.0 Å². The fraction of sp³-hybridized carbons (Fsp3) is 0.300. The molecule has 0 saturated carbocycles. The molecule has 2 aromatic carbocycles. The predicted molar refractivity (Wildman–Crippen MR) is 102 cm³/mol. The van der Waals surface area contributed by atoms with E-state index in [0.717, 1.165) is 49.3 Å². The smallest absolute Gasteiger partial charge is 0.323 e. The summed E-state index contributed by atoms with van der Waals surface area (Å²) in [5.74, 6) is 0.221. The lowest BCUT2D eigenvalue weighted by Crippen LogP contribution is -2.48. The molecule has 0 aliphatic carbocycles. The first kappa shape index (κ1) is 16.4. The molecule has 1 aliphatic rings. The lowest BCUT2D eigenvalue weighted by Gasteiger charge is -2.36. The highest BCUT2D eigenvalue weighted by Gasteiger charge is 2.21. The third-order valence-corrected chi connectivity index (χ3v) is 4.97. The first-order chi connectivity index (χ1) is 12.7. The maximum absolute atomic E-state index is 12.5. The van der Waals surface area contributed by atoms with Crippen molar-refractivity contribution in [2.45, 2.75) is 12.8 Å². The van der Waals surface area contributed by atoms with Crippen LogP contribution in [0.1, 0.15) is 12.0 Å². The first-order valence-electron chi connectivity index (χ1n) is 8.98. The molecular weight excluding hydrogens is 328 g/mol. The Morgan fingerprint density at radius 1 is 0.923 bits per heavy atom. The van der Waals surface area contributed by atoms with Gasteiger partial charge in [0.1, 0.15) is 0 Å². The summed E-state index contributed by atoms with van der Waals surface area (Å²) < 4.78 is 0. The molecule has 1 aliphatic heterocycles. The minimum absolute atomic E-state index is 0.189. The molecule has 4 rings (SSSR count). The largest absolute Gasteiger partial charge is 0.368 e. The Bertz CT molecular complexity index is 953. The van der Waals surface area contributed by atoms with Crippen molar-refractivity contribution < 1.29 is 4.79 Å². The van der Waals surface area contributed by atoms with Gasteiger partial charge in [-0.25, -0.2) is 4.79 Å². The number of carbonyl (C=O) groups is 1. The number of fused-ring (bicyclic) bond motifs is 1. The summed E-state index contributed by atoms with van der Waals surface area (Å²) in [7, 11) is 0. The van der Waals surface area contributed by atoms with Crippen molar-refractivity contribution in [2.75, 3.05) is 31.1 Å². The number of benzene rings is 2. The number of aryl methyl sites for hydroxylation is 1. The quantitative estimate of drug-likeness (QED) is 0.757. The van der Waals surface area contributed by atoms with Gasteiger partial charge in [0.15, 0.2) is 0 Å². The molecule has 2 heterocycles. The number of aromatic nitrogens is 2. The Labute approximate surface area is 151 Å². The zero-order valence-electron chi connectivity index (χ0n) is 14.6. The van der Waals surface area contributed by atoms with E-state index in [1.165, 1.54) is 5.56 Å². The Hall–Kier alpha value is -3.02. The number of aromatic amines is 2. The van der Waals surface area contributed by atoms with Crippen LogP contribution in [0.5, 0.6) is 0 Å². The lowest BCUT2D eigenvalue weighted by molar-refractivity contribution is -0.131. The van der Waals surface area contributed by atoms with E-state index in [4.69, 9.17) is 0 Å². The molecule has 0 radical (unpaired) electrons. The number of nitrogens with one attached hydrogen (secondary N) is 2. The van der Waals surface area contributed by atoms with Crippen molar-refractivity contribution in [3.8, 4) is 0 Å². The van der Waals surface area contributed by atoms with Gasteiger partial charge in [0.2, 0.25) is 5.91 Å². The fourth-order valence-corrected chi connectivity index (χ4v) is 3.49. The molecule has 1 aromatic heterocycles. The van der Waals surface area contributed by atoms with Gasteiger partial charge in [-0.1, -0.05) is 30.3 Å². The van der Waals surface area contributed by atoms with Gasteiger partial charge in [-0.05, 0) is 30.2 Å². The SMILES string of the molecule is O=C(CCc1ccccc1)N1CCN(c2ccc3[nH]c(=O)[nH]c3c2)CC1. The number of carbonyl (C=O) groups excluding carboxylic acids is 1. The summed E-state index contributed by atoms with van der Waals surface area (Å²) in [5, 5.41) is 0.